The van der Waals surface area contributed by atoms with Gasteiger partial charge in [0.15, 0.2) is 5.84 Å². The van der Waals surface area contributed by atoms with Crippen molar-refractivity contribution in [2.24, 2.45) is 5.16 Å². The molecule has 1 unspecified atom stereocenters. The van der Waals surface area contributed by atoms with Crippen LogP contribution in [0.3, 0.4) is 0 Å². The van der Waals surface area contributed by atoms with E-state index in [1.54, 1.807) is 0 Å². The minimum absolute atomic E-state index is 0.0863. The Morgan fingerprint density at radius 1 is 1.03 bits per heavy atom. The SMILES string of the molecule is CCNC(=O)c1ccc(C2=NOC(c3ccc4c(c3)COC4)N2c2ccccc2)cc1. The maximum atomic E-state index is 12.1. The average Bonchev–Trinajstić information content (AvgIpc) is 3.46. The van der Waals surface area contributed by atoms with E-state index >= 15 is 0 Å². The van der Waals surface area contributed by atoms with Crippen LogP contribution >= 0.6 is 0 Å². The first kappa shape index (κ1) is 19.3. The van der Waals surface area contributed by atoms with Crippen LogP contribution in [0.1, 0.15) is 45.8 Å². The van der Waals surface area contributed by atoms with Crippen LogP contribution in [0.5, 0.6) is 0 Å². The number of carbonyl (C=O) groups excluding carboxylic acids is 1. The number of ether oxygens (including phenoxy) is 1. The number of nitrogens with zero attached hydrogens (tertiary/aromatic N) is 2. The molecule has 31 heavy (non-hydrogen) atoms. The zero-order valence-corrected chi connectivity index (χ0v) is 17.2. The Balaban J connectivity index is 1.49. The van der Waals surface area contributed by atoms with Gasteiger partial charge in [-0.2, -0.15) is 0 Å². The second-order valence-corrected chi connectivity index (χ2v) is 7.54. The Bertz CT molecular complexity index is 1130. The highest BCUT2D eigenvalue weighted by atomic mass is 16.7. The molecule has 156 valence electrons. The number of nitrogens with one attached hydrogen (secondary N) is 1. The lowest BCUT2D eigenvalue weighted by Crippen LogP contribution is -2.31. The molecule has 1 atom stereocenters. The van der Waals surface area contributed by atoms with Gasteiger partial charge in [-0.3, -0.25) is 9.69 Å². The lowest BCUT2D eigenvalue weighted by Gasteiger charge is -2.26. The normalized spacial score (nSPS) is 17.1. The molecule has 0 aromatic heterocycles. The molecule has 0 spiro atoms. The number of anilines is 1. The summed E-state index contributed by atoms with van der Waals surface area (Å²) in [6.07, 6.45) is -0.383. The van der Waals surface area contributed by atoms with Crippen molar-refractivity contribution < 1.29 is 14.4 Å². The smallest absolute Gasteiger partial charge is 0.251 e. The zero-order chi connectivity index (χ0) is 21.2. The third kappa shape index (κ3) is 3.66. The van der Waals surface area contributed by atoms with Crippen molar-refractivity contribution in [1.82, 2.24) is 5.32 Å². The number of hydrogen-bond acceptors (Lipinski definition) is 5. The summed E-state index contributed by atoms with van der Waals surface area (Å²) in [7, 11) is 0. The average molecular weight is 413 g/mol. The standard InChI is InChI=1S/C25H23N3O3/c1-2-26-24(29)18-10-8-17(9-11-18)23-27-31-25(28(23)22-6-4-3-5-7-22)19-12-13-20-15-30-16-21(20)14-19/h3-14,25H,2,15-16H2,1H3,(H,26,29). The Morgan fingerprint density at radius 3 is 2.58 bits per heavy atom. The second kappa shape index (κ2) is 8.24. The van der Waals surface area contributed by atoms with E-state index in [0.29, 0.717) is 31.2 Å². The lowest BCUT2D eigenvalue weighted by molar-refractivity contribution is 0.0867. The molecule has 3 aromatic rings. The fourth-order valence-electron chi connectivity index (χ4n) is 3.93. The minimum Gasteiger partial charge on any atom is -0.372 e. The monoisotopic (exact) mass is 413 g/mol. The van der Waals surface area contributed by atoms with Gasteiger partial charge in [-0.15, -0.1) is 0 Å². The van der Waals surface area contributed by atoms with Crippen molar-refractivity contribution in [3.05, 3.63) is 101 Å². The van der Waals surface area contributed by atoms with Gasteiger partial charge >= 0.3 is 0 Å². The highest BCUT2D eigenvalue weighted by Crippen LogP contribution is 2.36. The molecule has 1 N–H and O–H groups in total. The van der Waals surface area contributed by atoms with Gasteiger partial charge in [-0.05, 0) is 48.4 Å². The van der Waals surface area contributed by atoms with Gasteiger partial charge < -0.3 is 14.9 Å². The molecule has 0 bridgehead atoms. The van der Waals surface area contributed by atoms with Crippen LogP contribution in [0.2, 0.25) is 0 Å². The summed E-state index contributed by atoms with van der Waals surface area (Å²) >= 11 is 0. The van der Waals surface area contributed by atoms with Crippen LogP contribution in [-0.2, 0) is 22.8 Å². The maximum Gasteiger partial charge on any atom is 0.251 e. The van der Waals surface area contributed by atoms with E-state index in [1.807, 2.05) is 61.5 Å². The van der Waals surface area contributed by atoms with Crippen LogP contribution in [0.25, 0.3) is 0 Å². The molecule has 0 aliphatic carbocycles. The van der Waals surface area contributed by atoms with Crippen molar-refractivity contribution in [3.63, 3.8) is 0 Å². The van der Waals surface area contributed by atoms with Crippen molar-refractivity contribution >= 4 is 17.4 Å². The molecule has 0 saturated carbocycles. The molecule has 1 amide bonds. The molecule has 5 rings (SSSR count). The number of carbonyl (C=O) groups is 1. The number of para-hydroxylation sites is 1. The van der Waals surface area contributed by atoms with E-state index in [1.165, 1.54) is 11.1 Å². The number of benzene rings is 3. The highest BCUT2D eigenvalue weighted by molar-refractivity contribution is 6.11. The van der Waals surface area contributed by atoms with E-state index in [4.69, 9.17) is 9.57 Å². The lowest BCUT2D eigenvalue weighted by atomic mass is 10.0. The Morgan fingerprint density at radius 2 is 1.81 bits per heavy atom. The zero-order valence-electron chi connectivity index (χ0n) is 17.2. The molecule has 2 heterocycles. The topological polar surface area (TPSA) is 63.2 Å². The summed E-state index contributed by atoms with van der Waals surface area (Å²) in [6, 6.07) is 23.8. The van der Waals surface area contributed by atoms with Crippen LogP contribution in [0.15, 0.2) is 78.0 Å². The number of fused-ring (bicyclic) bond motifs is 1. The Kier molecular flexibility index (Phi) is 5.14. The van der Waals surface area contributed by atoms with Gasteiger partial charge in [-0.1, -0.05) is 47.6 Å². The van der Waals surface area contributed by atoms with Crippen molar-refractivity contribution in [2.45, 2.75) is 26.4 Å². The Hall–Kier alpha value is -3.64. The first-order valence-corrected chi connectivity index (χ1v) is 10.4. The quantitative estimate of drug-likeness (QED) is 0.675. The molecule has 0 saturated heterocycles. The van der Waals surface area contributed by atoms with Crippen LogP contribution in [0.4, 0.5) is 5.69 Å². The number of rotatable bonds is 5. The summed E-state index contributed by atoms with van der Waals surface area (Å²) in [5.41, 5.74) is 5.90. The third-order valence-electron chi connectivity index (χ3n) is 5.51. The molecule has 6 nitrogen and oxygen atoms in total. The molecule has 0 fully saturated rings. The van der Waals surface area contributed by atoms with Gasteiger partial charge in [0.2, 0.25) is 6.23 Å². The number of hydrogen-bond donors (Lipinski definition) is 1. The van der Waals surface area contributed by atoms with E-state index in [-0.39, 0.29) is 12.1 Å². The van der Waals surface area contributed by atoms with Gasteiger partial charge in [0.05, 0.1) is 13.2 Å². The molecule has 6 heteroatoms. The summed E-state index contributed by atoms with van der Waals surface area (Å²) in [4.78, 5) is 20.1. The largest absolute Gasteiger partial charge is 0.372 e. The first-order valence-electron chi connectivity index (χ1n) is 10.4. The number of oxime groups is 1. The summed E-state index contributed by atoms with van der Waals surface area (Å²) in [5.74, 6) is 0.618. The van der Waals surface area contributed by atoms with Gasteiger partial charge in [0.1, 0.15) is 0 Å². The van der Waals surface area contributed by atoms with Crippen molar-refractivity contribution in [2.75, 3.05) is 11.4 Å². The van der Waals surface area contributed by atoms with Gasteiger partial charge in [-0.25, -0.2) is 0 Å². The summed E-state index contributed by atoms with van der Waals surface area (Å²) in [5, 5.41) is 7.26. The fourth-order valence-corrected chi connectivity index (χ4v) is 3.93. The van der Waals surface area contributed by atoms with Crippen LogP contribution < -0.4 is 10.2 Å². The fraction of sp³-hybridized carbons (Fsp3) is 0.200. The summed E-state index contributed by atoms with van der Waals surface area (Å²) in [6.45, 7) is 3.77. The van der Waals surface area contributed by atoms with E-state index in [0.717, 1.165) is 16.8 Å². The highest BCUT2D eigenvalue weighted by Gasteiger charge is 2.34. The predicted molar refractivity (Wildman–Crippen MR) is 119 cm³/mol. The molecule has 3 aromatic carbocycles. The number of amidine groups is 1. The third-order valence-corrected chi connectivity index (χ3v) is 5.51. The van der Waals surface area contributed by atoms with Gasteiger partial charge in [0, 0.05) is 28.9 Å². The first-order chi connectivity index (χ1) is 15.2. The second-order valence-electron chi connectivity index (χ2n) is 7.54. The van der Waals surface area contributed by atoms with Crippen LogP contribution in [0, 0.1) is 0 Å². The molecule has 0 radical (unpaired) electrons. The van der Waals surface area contributed by atoms with Crippen molar-refractivity contribution in [1.29, 1.82) is 0 Å². The minimum atomic E-state index is -0.383. The van der Waals surface area contributed by atoms with Crippen LogP contribution in [-0.4, -0.2) is 18.3 Å². The van der Waals surface area contributed by atoms with Crippen molar-refractivity contribution in [3.8, 4) is 0 Å². The van der Waals surface area contributed by atoms with E-state index < -0.39 is 0 Å². The van der Waals surface area contributed by atoms with E-state index in [2.05, 4.69) is 33.6 Å². The maximum absolute atomic E-state index is 12.1. The van der Waals surface area contributed by atoms with Gasteiger partial charge in [0.25, 0.3) is 5.91 Å². The predicted octanol–water partition coefficient (Wildman–Crippen LogP) is 4.36. The Labute approximate surface area is 181 Å². The van der Waals surface area contributed by atoms with E-state index in [9.17, 15) is 4.79 Å². The molecular weight excluding hydrogens is 390 g/mol. The summed E-state index contributed by atoms with van der Waals surface area (Å²) < 4.78 is 5.57. The molecular formula is C25H23N3O3. The number of amides is 1. The molecule has 2 aliphatic rings. The molecule has 2 aliphatic heterocycles.